The van der Waals surface area contributed by atoms with E-state index in [1.165, 1.54) is 12.8 Å². The number of imidazole rings is 1. The lowest BCUT2D eigenvalue weighted by Crippen LogP contribution is -2.33. The summed E-state index contributed by atoms with van der Waals surface area (Å²) >= 11 is 0. The minimum absolute atomic E-state index is 0.463. The van der Waals surface area contributed by atoms with Crippen LogP contribution in [0.2, 0.25) is 0 Å². The molecule has 108 valence electrons. The highest BCUT2D eigenvalue weighted by Gasteiger charge is 2.32. The third-order valence-electron chi connectivity index (χ3n) is 3.73. The second-order valence-corrected chi connectivity index (χ2v) is 5.48. The van der Waals surface area contributed by atoms with Gasteiger partial charge in [0.05, 0.1) is 0 Å². The van der Waals surface area contributed by atoms with Crippen LogP contribution in [0.3, 0.4) is 0 Å². The zero-order valence-corrected chi connectivity index (χ0v) is 12.0. The number of hydrogen-bond donors (Lipinski definition) is 1. The van der Waals surface area contributed by atoms with Crippen LogP contribution in [0.4, 0.5) is 0 Å². The first kappa shape index (κ1) is 13.3. The van der Waals surface area contributed by atoms with Crippen LogP contribution < -0.4 is 5.32 Å². The molecule has 20 heavy (non-hydrogen) atoms. The Morgan fingerprint density at radius 3 is 3.00 bits per heavy atom. The van der Waals surface area contributed by atoms with E-state index in [0.717, 1.165) is 31.1 Å². The van der Waals surface area contributed by atoms with Gasteiger partial charge in [0.1, 0.15) is 0 Å². The van der Waals surface area contributed by atoms with Crippen molar-refractivity contribution in [1.29, 1.82) is 0 Å². The predicted molar refractivity (Wildman–Crippen MR) is 75.0 cm³/mol. The molecule has 1 saturated carbocycles. The molecule has 1 unspecified atom stereocenters. The summed E-state index contributed by atoms with van der Waals surface area (Å²) in [5.41, 5.74) is 0. The van der Waals surface area contributed by atoms with Gasteiger partial charge in [-0.2, -0.15) is 4.98 Å². The lowest BCUT2D eigenvalue weighted by Gasteiger charge is -2.15. The molecule has 2 aromatic heterocycles. The lowest BCUT2D eigenvalue weighted by atomic mass is 10.1. The summed E-state index contributed by atoms with van der Waals surface area (Å²) in [6.07, 6.45) is 8.18. The molecule has 1 N–H and O–H groups in total. The van der Waals surface area contributed by atoms with E-state index in [1.807, 2.05) is 17.8 Å². The fraction of sp³-hybridized carbons (Fsp3) is 0.643. The minimum atomic E-state index is 0.463. The Labute approximate surface area is 118 Å². The van der Waals surface area contributed by atoms with Gasteiger partial charge in [0.2, 0.25) is 11.7 Å². The van der Waals surface area contributed by atoms with Crippen LogP contribution in [-0.4, -0.2) is 32.3 Å². The van der Waals surface area contributed by atoms with Crippen molar-refractivity contribution in [2.45, 2.75) is 38.6 Å². The topological polar surface area (TPSA) is 68.8 Å². The van der Waals surface area contributed by atoms with Gasteiger partial charge in [-0.25, -0.2) is 4.98 Å². The van der Waals surface area contributed by atoms with Crippen LogP contribution in [0.15, 0.2) is 16.9 Å². The predicted octanol–water partition coefficient (Wildman–Crippen LogP) is 1.79. The number of aromatic nitrogens is 4. The van der Waals surface area contributed by atoms with E-state index >= 15 is 0 Å². The largest absolute Gasteiger partial charge is 0.339 e. The minimum Gasteiger partial charge on any atom is -0.339 e. The smallest absolute Gasteiger partial charge is 0.238 e. The van der Waals surface area contributed by atoms with Gasteiger partial charge in [-0.05, 0) is 31.7 Å². The van der Waals surface area contributed by atoms with E-state index in [9.17, 15) is 0 Å². The Morgan fingerprint density at radius 2 is 2.35 bits per heavy atom. The van der Waals surface area contributed by atoms with Crippen LogP contribution in [0.25, 0.3) is 11.6 Å². The van der Waals surface area contributed by atoms with Crippen LogP contribution >= 0.6 is 0 Å². The summed E-state index contributed by atoms with van der Waals surface area (Å²) < 4.78 is 7.27. The molecule has 2 aromatic rings. The maximum Gasteiger partial charge on any atom is 0.238 e. The van der Waals surface area contributed by atoms with Crippen LogP contribution in [0.1, 0.15) is 32.1 Å². The monoisotopic (exact) mass is 275 g/mol. The van der Waals surface area contributed by atoms with Crippen LogP contribution in [0.5, 0.6) is 0 Å². The molecule has 3 rings (SSSR count). The van der Waals surface area contributed by atoms with Crippen molar-refractivity contribution in [3.8, 4) is 11.6 Å². The van der Waals surface area contributed by atoms with E-state index in [0.29, 0.717) is 17.8 Å². The molecule has 0 amide bonds. The van der Waals surface area contributed by atoms with Crippen molar-refractivity contribution >= 4 is 0 Å². The molecule has 0 aliphatic heterocycles. The highest BCUT2D eigenvalue weighted by atomic mass is 16.5. The summed E-state index contributed by atoms with van der Waals surface area (Å²) in [6.45, 7) is 3.23. The molecule has 0 radical (unpaired) electrons. The molecule has 1 fully saturated rings. The summed E-state index contributed by atoms with van der Waals surface area (Å²) in [4.78, 5) is 8.71. The van der Waals surface area contributed by atoms with Gasteiger partial charge in [0.25, 0.3) is 0 Å². The summed E-state index contributed by atoms with van der Waals surface area (Å²) in [7, 11) is 1.92. The first-order chi connectivity index (χ1) is 9.78. The van der Waals surface area contributed by atoms with Crippen molar-refractivity contribution in [3.05, 3.63) is 18.3 Å². The zero-order chi connectivity index (χ0) is 13.9. The van der Waals surface area contributed by atoms with Gasteiger partial charge >= 0.3 is 0 Å². The second kappa shape index (κ2) is 5.75. The summed E-state index contributed by atoms with van der Waals surface area (Å²) in [5.74, 6) is 2.77. The molecule has 0 aromatic carbocycles. The maximum atomic E-state index is 5.38. The number of nitrogens with zero attached hydrogens (tertiary/aromatic N) is 4. The van der Waals surface area contributed by atoms with Crippen molar-refractivity contribution in [3.63, 3.8) is 0 Å². The molecule has 1 aliphatic rings. The Bertz CT molecular complexity index is 557. The van der Waals surface area contributed by atoms with Gasteiger partial charge in [0, 0.05) is 31.9 Å². The Kier molecular flexibility index (Phi) is 3.82. The molecule has 0 bridgehead atoms. The number of aryl methyl sites for hydroxylation is 1. The summed E-state index contributed by atoms with van der Waals surface area (Å²) in [6, 6.07) is 0.463. The molecular formula is C14H21N5O. The molecule has 0 saturated heterocycles. The first-order valence-electron chi connectivity index (χ1n) is 7.31. The lowest BCUT2D eigenvalue weighted by molar-refractivity contribution is 0.346. The third kappa shape index (κ3) is 2.90. The Morgan fingerprint density at radius 1 is 1.50 bits per heavy atom. The molecule has 6 nitrogen and oxygen atoms in total. The number of hydrogen-bond acceptors (Lipinski definition) is 5. The average Bonchev–Trinajstić information content (AvgIpc) is 3.04. The van der Waals surface area contributed by atoms with Gasteiger partial charge in [-0.15, -0.1) is 0 Å². The molecule has 1 atom stereocenters. The number of rotatable bonds is 7. The normalized spacial score (nSPS) is 16.5. The Hall–Kier alpha value is -1.69. The fourth-order valence-corrected chi connectivity index (χ4v) is 2.43. The first-order valence-corrected chi connectivity index (χ1v) is 7.31. The van der Waals surface area contributed by atoms with Crippen LogP contribution in [0, 0.1) is 5.92 Å². The van der Waals surface area contributed by atoms with Crippen LogP contribution in [-0.2, 0) is 13.5 Å². The van der Waals surface area contributed by atoms with Crippen molar-refractivity contribution < 1.29 is 4.52 Å². The van der Waals surface area contributed by atoms with Crippen molar-refractivity contribution in [1.82, 2.24) is 25.0 Å². The average molecular weight is 275 g/mol. The molecule has 0 spiro atoms. The maximum absolute atomic E-state index is 5.38. The number of nitrogens with one attached hydrogen (secondary N) is 1. The highest BCUT2D eigenvalue weighted by molar-refractivity contribution is 5.42. The Balaban J connectivity index is 1.68. The summed E-state index contributed by atoms with van der Waals surface area (Å²) in [5, 5.41) is 7.62. The van der Waals surface area contributed by atoms with E-state index < -0.39 is 0 Å². The van der Waals surface area contributed by atoms with Gasteiger partial charge in [-0.1, -0.05) is 12.1 Å². The zero-order valence-electron chi connectivity index (χ0n) is 12.0. The molecule has 6 heteroatoms. The van der Waals surface area contributed by atoms with E-state index in [4.69, 9.17) is 4.52 Å². The van der Waals surface area contributed by atoms with Gasteiger partial charge < -0.3 is 14.4 Å². The highest BCUT2D eigenvalue weighted by Crippen LogP contribution is 2.34. The molecule has 1 aliphatic carbocycles. The van der Waals surface area contributed by atoms with Gasteiger partial charge in [0.15, 0.2) is 5.82 Å². The quantitative estimate of drug-likeness (QED) is 0.834. The second-order valence-electron chi connectivity index (χ2n) is 5.48. The van der Waals surface area contributed by atoms with E-state index in [2.05, 4.69) is 27.4 Å². The van der Waals surface area contributed by atoms with Crippen molar-refractivity contribution in [2.75, 3.05) is 6.54 Å². The third-order valence-corrected chi connectivity index (χ3v) is 3.73. The SMILES string of the molecule is CCCNC(Cc1nc(-c2nccn2C)no1)C1CC1. The van der Waals surface area contributed by atoms with E-state index in [1.54, 1.807) is 6.20 Å². The van der Waals surface area contributed by atoms with Gasteiger partial charge in [-0.3, -0.25) is 0 Å². The fourth-order valence-electron chi connectivity index (χ4n) is 2.43. The molecular weight excluding hydrogens is 254 g/mol. The standard InChI is InChI=1S/C14H21N5O/c1-3-6-15-11(10-4-5-10)9-12-17-13(18-20-12)14-16-7-8-19(14)2/h7-8,10-11,15H,3-6,9H2,1-2H3. The molecule has 2 heterocycles. The van der Waals surface area contributed by atoms with E-state index in [-0.39, 0.29) is 0 Å². The van der Waals surface area contributed by atoms with Crippen molar-refractivity contribution in [2.24, 2.45) is 13.0 Å².